The lowest BCUT2D eigenvalue weighted by Gasteiger charge is -2.37. The molecule has 1 aromatic carbocycles. The maximum atomic E-state index is 12.7. The van der Waals surface area contributed by atoms with Gasteiger partial charge >= 0.3 is 5.97 Å². The first-order valence-electron chi connectivity index (χ1n) is 9.49. The van der Waals surface area contributed by atoms with Crippen LogP contribution in [-0.4, -0.2) is 58.8 Å². The minimum absolute atomic E-state index is 0.109. The van der Waals surface area contributed by atoms with Gasteiger partial charge in [-0.15, -0.1) is 0 Å². The van der Waals surface area contributed by atoms with E-state index in [0.29, 0.717) is 36.2 Å². The molecule has 3 N–H and O–H groups in total. The van der Waals surface area contributed by atoms with Gasteiger partial charge in [0, 0.05) is 31.2 Å². The number of hydrogen-bond donors (Lipinski definition) is 3. The molecule has 1 saturated carbocycles. The van der Waals surface area contributed by atoms with Gasteiger partial charge in [0.25, 0.3) is 0 Å². The summed E-state index contributed by atoms with van der Waals surface area (Å²) in [6.45, 7) is 0.961. The van der Waals surface area contributed by atoms with Gasteiger partial charge in [-0.2, -0.15) is 0 Å². The van der Waals surface area contributed by atoms with Crippen molar-refractivity contribution >= 4 is 22.6 Å². The van der Waals surface area contributed by atoms with Crippen molar-refractivity contribution in [1.29, 1.82) is 0 Å². The van der Waals surface area contributed by atoms with Crippen molar-refractivity contribution < 1.29 is 24.9 Å². The second-order valence-corrected chi connectivity index (χ2v) is 7.57. The summed E-state index contributed by atoms with van der Waals surface area (Å²) in [6, 6.07) is 3.57. The van der Waals surface area contributed by atoms with Crippen LogP contribution in [0.15, 0.2) is 23.1 Å². The molecular formula is C20H24N2O6. The summed E-state index contributed by atoms with van der Waals surface area (Å²) in [6.07, 6.45) is 3.25. The van der Waals surface area contributed by atoms with Gasteiger partial charge < -0.3 is 29.5 Å². The number of nitrogens with zero attached hydrogens (tertiary/aromatic N) is 2. The van der Waals surface area contributed by atoms with Crippen molar-refractivity contribution in [3.8, 4) is 5.75 Å². The van der Waals surface area contributed by atoms with Crippen LogP contribution in [0.4, 0.5) is 5.69 Å². The number of benzene rings is 1. The summed E-state index contributed by atoms with van der Waals surface area (Å²) >= 11 is 0. The number of fused-ring (bicyclic) bond motifs is 1. The second kappa shape index (κ2) is 7.10. The molecule has 4 rings (SSSR count). The number of aromatic carboxylic acids is 1. The molecule has 2 heterocycles. The molecule has 2 atom stereocenters. The van der Waals surface area contributed by atoms with Crippen molar-refractivity contribution in [2.45, 2.75) is 31.4 Å². The van der Waals surface area contributed by atoms with Crippen molar-refractivity contribution in [2.75, 3.05) is 31.7 Å². The molecule has 0 amide bonds. The number of carboxylic acids is 1. The molecule has 1 saturated heterocycles. The number of aromatic nitrogens is 1. The van der Waals surface area contributed by atoms with E-state index in [1.54, 1.807) is 12.1 Å². The molecule has 0 radical (unpaired) electrons. The van der Waals surface area contributed by atoms with Crippen molar-refractivity contribution in [1.82, 2.24) is 4.57 Å². The van der Waals surface area contributed by atoms with Gasteiger partial charge in [-0.1, -0.05) is 0 Å². The predicted molar refractivity (Wildman–Crippen MR) is 103 cm³/mol. The lowest BCUT2D eigenvalue weighted by molar-refractivity contribution is 0.0524. The number of hydrogen-bond acceptors (Lipinski definition) is 6. The highest BCUT2D eigenvalue weighted by Gasteiger charge is 2.32. The van der Waals surface area contributed by atoms with Crippen molar-refractivity contribution in [2.24, 2.45) is 5.92 Å². The summed E-state index contributed by atoms with van der Waals surface area (Å²) in [5.74, 6) is -0.971. The zero-order valence-corrected chi connectivity index (χ0v) is 15.7. The summed E-state index contributed by atoms with van der Waals surface area (Å²) in [4.78, 5) is 26.3. The summed E-state index contributed by atoms with van der Waals surface area (Å²) in [5, 5.41) is 29.3. The van der Waals surface area contributed by atoms with Crippen LogP contribution in [0.2, 0.25) is 0 Å². The Morgan fingerprint density at radius 1 is 1.29 bits per heavy atom. The molecule has 1 aliphatic carbocycles. The molecule has 28 heavy (non-hydrogen) atoms. The lowest BCUT2D eigenvalue weighted by atomic mass is 9.95. The van der Waals surface area contributed by atoms with Crippen molar-refractivity contribution in [3.05, 3.63) is 34.1 Å². The van der Waals surface area contributed by atoms with E-state index in [1.165, 1.54) is 13.3 Å². The molecule has 2 fully saturated rings. The van der Waals surface area contributed by atoms with E-state index in [-0.39, 0.29) is 24.1 Å². The fourth-order valence-corrected chi connectivity index (χ4v) is 4.07. The molecule has 8 heteroatoms. The monoisotopic (exact) mass is 388 g/mol. The van der Waals surface area contributed by atoms with E-state index < -0.39 is 17.5 Å². The third-order valence-corrected chi connectivity index (χ3v) is 5.77. The predicted octanol–water partition coefficient (Wildman–Crippen LogP) is 1.22. The fourth-order valence-electron chi connectivity index (χ4n) is 4.07. The van der Waals surface area contributed by atoms with Gasteiger partial charge in [-0.25, -0.2) is 4.79 Å². The first-order chi connectivity index (χ1) is 13.5. The fraction of sp³-hybridized carbons (Fsp3) is 0.500. The number of ether oxygens (including phenoxy) is 1. The number of piperidine rings is 1. The topological polar surface area (TPSA) is 112 Å². The first-order valence-corrected chi connectivity index (χ1v) is 9.49. The molecule has 1 aliphatic heterocycles. The Morgan fingerprint density at radius 2 is 2.04 bits per heavy atom. The summed E-state index contributed by atoms with van der Waals surface area (Å²) < 4.78 is 7.56. The van der Waals surface area contributed by atoms with Gasteiger partial charge in [-0.05, 0) is 31.4 Å². The Labute approximate surface area is 161 Å². The van der Waals surface area contributed by atoms with Crippen LogP contribution < -0.4 is 15.1 Å². The van der Waals surface area contributed by atoms with Crippen LogP contribution in [0.5, 0.6) is 5.75 Å². The van der Waals surface area contributed by atoms with E-state index >= 15 is 0 Å². The quantitative estimate of drug-likeness (QED) is 0.706. The molecule has 2 aromatic rings. The average molecular weight is 388 g/mol. The Balaban J connectivity index is 1.91. The highest BCUT2D eigenvalue weighted by Crippen LogP contribution is 2.43. The van der Waals surface area contributed by atoms with Gasteiger partial charge in [0.15, 0.2) is 5.75 Å². The van der Waals surface area contributed by atoms with Crippen LogP contribution in [0, 0.1) is 5.92 Å². The zero-order chi connectivity index (χ0) is 20.0. The van der Waals surface area contributed by atoms with Crippen LogP contribution in [-0.2, 0) is 0 Å². The second-order valence-electron chi connectivity index (χ2n) is 7.57. The van der Waals surface area contributed by atoms with Gasteiger partial charge in [0.2, 0.25) is 5.43 Å². The number of carboxylic acid groups (broad SMARTS) is 1. The Kier molecular flexibility index (Phi) is 4.76. The Morgan fingerprint density at radius 3 is 2.64 bits per heavy atom. The molecular weight excluding hydrogens is 364 g/mol. The molecule has 0 bridgehead atoms. The van der Waals surface area contributed by atoms with Gasteiger partial charge in [0.05, 0.1) is 36.4 Å². The largest absolute Gasteiger partial charge is 0.492 e. The third kappa shape index (κ3) is 3.02. The standard InChI is InChI=1S/C20H24N2O6/c1-28-19-15(21-7-6-16(24)11(8-21)10-23)5-4-13-17(19)22(12-2-3-12)9-14(18(13)25)20(26)27/h4-5,9,11-12,16,23-24H,2-3,6-8,10H2,1H3,(H,26,27). The van der Waals surface area contributed by atoms with Crippen LogP contribution in [0.3, 0.4) is 0 Å². The highest BCUT2D eigenvalue weighted by molar-refractivity contribution is 5.97. The minimum Gasteiger partial charge on any atom is -0.492 e. The van der Waals surface area contributed by atoms with Gasteiger partial charge in [-0.3, -0.25) is 4.79 Å². The van der Waals surface area contributed by atoms with E-state index in [4.69, 9.17) is 4.74 Å². The maximum Gasteiger partial charge on any atom is 0.341 e. The molecule has 1 aromatic heterocycles. The summed E-state index contributed by atoms with van der Waals surface area (Å²) in [5.41, 5.74) is 0.614. The number of rotatable bonds is 5. The Bertz CT molecular complexity index is 981. The van der Waals surface area contributed by atoms with Crippen molar-refractivity contribution in [3.63, 3.8) is 0 Å². The smallest absolute Gasteiger partial charge is 0.341 e. The normalized spacial score (nSPS) is 22.5. The van der Waals surface area contributed by atoms with Crippen LogP contribution >= 0.6 is 0 Å². The minimum atomic E-state index is -1.24. The number of methoxy groups -OCH3 is 1. The number of aliphatic hydroxyl groups excluding tert-OH is 2. The average Bonchev–Trinajstić information content (AvgIpc) is 3.52. The third-order valence-electron chi connectivity index (χ3n) is 5.77. The highest BCUT2D eigenvalue weighted by atomic mass is 16.5. The molecule has 2 unspecified atom stereocenters. The van der Waals surface area contributed by atoms with E-state index in [1.807, 2.05) is 9.47 Å². The number of pyridine rings is 1. The molecule has 0 spiro atoms. The zero-order valence-electron chi connectivity index (χ0n) is 15.7. The number of anilines is 1. The number of aliphatic hydroxyl groups is 2. The Hall–Kier alpha value is -2.58. The van der Waals surface area contributed by atoms with Crippen LogP contribution in [0.1, 0.15) is 35.7 Å². The van der Waals surface area contributed by atoms with E-state index in [9.17, 15) is 24.9 Å². The number of carbonyl (C=O) groups is 1. The van der Waals surface area contributed by atoms with E-state index in [2.05, 4.69) is 0 Å². The van der Waals surface area contributed by atoms with Crippen LogP contribution in [0.25, 0.3) is 10.9 Å². The summed E-state index contributed by atoms with van der Waals surface area (Å²) in [7, 11) is 1.54. The molecule has 2 aliphatic rings. The maximum absolute atomic E-state index is 12.7. The van der Waals surface area contributed by atoms with Gasteiger partial charge in [0.1, 0.15) is 5.56 Å². The first kappa shape index (κ1) is 18.8. The lowest BCUT2D eigenvalue weighted by Crippen LogP contribution is -2.44. The molecule has 8 nitrogen and oxygen atoms in total. The van der Waals surface area contributed by atoms with E-state index in [0.717, 1.165) is 18.5 Å². The molecule has 150 valence electrons. The SMILES string of the molecule is COc1c(N2CCC(O)C(CO)C2)ccc2c(=O)c(C(=O)O)cn(C3CC3)c12.